The van der Waals surface area contributed by atoms with Crippen molar-refractivity contribution in [2.24, 2.45) is 0 Å². The minimum atomic E-state index is -0.937. The standard InChI is InChI=1S/C13H17N3O5/c1-7(11(17)16-13(19)15-2)21-10-5-4-8(6-9(10)14)12(18)20-3/h4-7H,14H2,1-3H3,(H2,15,16,17,19). The van der Waals surface area contributed by atoms with Crippen LogP contribution in [-0.4, -0.2) is 38.2 Å². The molecule has 3 amide bonds. The van der Waals surface area contributed by atoms with Gasteiger partial charge in [-0.2, -0.15) is 0 Å². The van der Waals surface area contributed by atoms with Crippen LogP contribution in [0.3, 0.4) is 0 Å². The van der Waals surface area contributed by atoms with E-state index in [-0.39, 0.29) is 17.0 Å². The molecule has 0 bridgehead atoms. The molecule has 8 heteroatoms. The van der Waals surface area contributed by atoms with E-state index in [1.807, 2.05) is 0 Å². The van der Waals surface area contributed by atoms with Gasteiger partial charge in [-0.3, -0.25) is 10.1 Å². The van der Waals surface area contributed by atoms with Gasteiger partial charge in [-0.25, -0.2) is 9.59 Å². The zero-order valence-electron chi connectivity index (χ0n) is 11.9. The van der Waals surface area contributed by atoms with Crippen LogP contribution in [0.25, 0.3) is 0 Å². The Morgan fingerprint density at radius 2 is 1.95 bits per heavy atom. The number of nitrogen functional groups attached to an aromatic ring is 1. The number of carbonyl (C=O) groups excluding carboxylic acids is 3. The van der Waals surface area contributed by atoms with Gasteiger partial charge < -0.3 is 20.5 Å². The van der Waals surface area contributed by atoms with E-state index in [1.54, 1.807) is 0 Å². The first-order chi connectivity index (χ1) is 9.88. The molecular weight excluding hydrogens is 278 g/mol. The number of carbonyl (C=O) groups is 3. The number of ether oxygens (including phenoxy) is 2. The summed E-state index contributed by atoms with van der Waals surface area (Å²) in [7, 11) is 2.64. The molecule has 0 saturated heterocycles. The van der Waals surface area contributed by atoms with Gasteiger partial charge in [0.05, 0.1) is 18.4 Å². The van der Waals surface area contributed by atoms with E-state index in [2.05, 4.69) is 15.4 Å². The van der Waals surface area contributed by atoms with Crippen LogP contribution < -0.4 is 21.1 Å². The van der Waals surface area contributed by atoms with Gasteiger partial charge in [0.1, 0.15) is 5.75 Å². The molecule has 0 fully saturated rings. The Kier molecular flexibility index (Phi) is 5.53. The van der Waals surface area contributed by atoms with Crippen LogP contribution in [-0.2, 0) is 9.53 Å². The molecule has 0 aliphatic carbocycles. The highest BCUT2D eigenvalue weighted by Crippen LogP contribution is 2.24. The van der Waals surface area contributed by atoms with E-state index in [9.17, 15) is 14.4 Å². The Hall–Kier alpha value is -2.77. The molecular formula is C13H17N3O5. The fraction of sp³-hybridized carbons (Fsp3) is 0.308. The number of nitrogens with one attached hydrogen (secondary N) is 2. The van der Waals surface area contributed by atoms with Crippen LogP contribution in [0.2, 0.25) is 0 Å². The van der Waals surface area contributed by atoms with Crippen molar-refractivity contribution in [3.05, 3.63) is 23.8 Å². The number of esters is 1. The molecule has 0 aliphatic rings. The lowest BCUT2D eigenvalue weighted by Crippen LogP contribution is -2.44. The second-order valence-electron chi connectivity index (χ2n) is 4.07. The van der Waals surface area contributed by atoms with Crippen molar-refractivity contribution in [2.45, 2.75) is 13.0 Å². The molecule has 1 rings (SSSR count). The monoisotopic (exact) mass is 295 g/mol. The predicted molar refractivity (Wildman–Crippen MR) is 74.9 cm³/mol. The zero-order chi connectivity index (χ0) is 16.0. The molecule has 0 saturated carbocycles. The van der Waals surface area contributed by atoms with Gasteiger partial charge in [0.15, 0.2) is 6.10 Å². The minimum Gasteiger partial charge on any atom is -0.479 e. The molecule has 8 nitrogen and oxygen atoms in total. The number of urea groups is 1. The number of methoxy groups -OCH3 is 1. The summed E-state index contributed by atoms with van der Waals surface area (Å²) in [6.07, 6.45) is -0.937. The van der Waals surface area contributed by atoms with Crippen LogP contribution in [0.5, 0.6) is 5.75 Å². The first kappa shape index (κ1) is 16.3. The van der Waals surface area contributed by atoms with Crippen LogP contribution in [0.4, 0.5) is 10.5 Å². The van der Waals surface area contributed by atoms with E-state index < -0.39 is 24.0 Å². The molecule has 0 aliphatic heterocycles. The molecule has 0 spiro atoms. The fourth-order valence-corrected chi connectivity index (χ4v) is 1.42. The summed E-state index contributed by atoms with van der Waals surface area (Å²) >= 11 is 0. The number of imide groups is 1. The van der Waals surface area contributed by atoms with Crippen molar-refractivity contribution in [3.8, 4) is 5.75 Å². The summed E-state index contributed by atoms with van der Waals surface area (Å²) in [5.74, 6) is -0.924. The van der Waals surface area contributed by atoms with E-state index in [4.69, 9.17) is 10.5 Å². The second-order valence-corrected chi connectivity index (χ2v) is 4.07. The summed E-state index contributed by atoms with van der Waals surface area (Å²) in [5.41, 5.74) is 6.19. The average molecular weight is 295 g/mol. The van der Waals surface area contributed by atoms with Crippen molar-refractivity contribution < 1.29 is 23.9 Å². The molecule has 0 radical (unpaired) electrons. The zero-order valence-corrected chi connectivity index (χ0v) is 11.9. The molecule has 114 valence electrons. The third-order valence-corrected chi connectivity index (χ3v) is 2.57. The summed E-state index contributed by atoms with van der Waals surface area (Å²) in [6, 6.07) is 3.65. The first-order valence-electron chi connectivity index (χ1n) is 6.06. The molecule has 4 N–H and O–H groups in total. The maximum atomic E-state index is 11.6. The smallest absolute Gasteiger partial charge is 0.337 e. The third-order valence-electron chi connectivity index (χ3n) is 2.57. The van der Waals surface area contributed by atoms with Crippen LogP contribution in [0, 0.1) is 0 Å². The highest BCUT2D eigenvalue weighted by Gasteiger charge is 2.18. The topological polar surface area (TPSA) is 120 Å². The number of rotatable bonds is 4. The fourth-order valence-electron chi connectivity index (χ4n) is 1.42. The molecule has 1 aromatic rings. The van der Waals surface area contributed by atoms with Crippen molar-refractivity contribution in [2.75, 3.05) is 19.9 Å². The lowest BCUT2D eigenvalue weighted by atomic mass is 10.2. The summed E-state index contributed by atoms with van der Waals surface area (Å²) in [6.45, 7) is 1.46. The van der Waals surface area contributed by atoms with Gasteiger partial charge in [0.25, 0.3) is 5.91 Å². The number of hydrogen-bond donors (Lipinski definition) is 3. The SMILES string of the molecule is CNC(=O)NC(=O)C(C)Oc1ccc(C(=O)OC)cc1N. The van der Waals surface area contributed by atoms with Gasteiger partial charge in [-0.05, 0) is 25.1 Å². The highest BCUT2D eigenvalue weighted by molar-refractivity contribution is 5.96. The lowest BCUT2D eigenvalue weighted by Gasteiger charge is -2.15. The summed E-state index contributed by atoms with van der Waals surface area (Å²) in [5, 5.41) is 4.33. The quantitative estimate of drug-likeness (QED) is 0.542. The maximum Gasteiger partial charge on any atom is 0.337 e. The van der Waals surface area contributed by atoms with Gasteiger partial charge in [0.2, 0.25) is 0 Å². The van der Waals surface area contributed by atoms with Crippen LogP contribution in [0.1, 0.15) is 17.3 Å². The summed E-state index contributed by atoms with van der Waals surface area (Å²) < 4.78 is 9.91. The van der Waals surface area contributed by atoms with Gasteiger partial charge in [-0.15, -0.1) is 0 Å². The Labute approximate surface area is 121 Å². The number of benzene rings is 1. The number of nitrogens with two attached hydrogens (primary N) is 1. The first-order valence-corrected chi connectivity index (χ1v) is 6.06. The van der Waals surface area contributed by atoms with Gasteiger partial charge in [-0.1, -0.05) is 0 Å². The van der Waals surface area contributed by atoms with E-state index >= 15 is 0 Å². The maximum absolute atomic E-state index is 11.6. The van der Waals surface area contributed by atoms with Crippen LogP contribution in [0.15, 0.2) is 18.2 Å². The van der Waals surface area contributed by atoms with Gasteiger partial charge in [0, 0.05) is 7.05 Å². The highest BCUT2D eigenvalue weighted by atomic mass is 16.5. The Morgan fingerprint density at radius 1 is 1.29 bits per heavy atom. The third kappa shape index (κ3) is 4.37. The van der Waals surface area contributed by atoms with E-state index in [0.29, 0.717) is 0 Å². The normalized spacial score (nSPS) is 11.2. The van der Waals surface area contributed by atoms with Crippen molar-refractivity contribution in [1.29, 1.82) is 0 Å². The molecule has 21 heavy (non-hydrogen) atoms. The Balaban J connectivity index is 2.77. The Morgan fingerprint density at radius 3 is 2.48 bits per heavy atom. The number of anilines is 1. The number of hydrogen-bond acceptors (Lipinski definition) is 6. The van der Waals surface area contributed by atoms with Crippen molar-refractivity contribution >= 4 is 23.6 Å². The van der Waals surface area contributed by atoms with E-state index in [1.165, 1.54) is 39.3 Å². The number of amides is 3. The Bertz CT molecular complexity index is 559. The molecule has 1 aromatic carbocycles. The minimum absolute atomic E-state index is 0.178. The van der Waals surface area contributed by atoms with Gasteiger partial charge >= 0.3 is 12.0 Å². The van der Waals surface area contributed by atoms with Crippen molar-refractivity contribution in [3.63, 3.8) is 0 Å². The average Bonchev–Trinajstić information content (AvgIpc) is 2.47. The molecule has 1 unspecified atom stereocenters. The lowest BCUT2D eigenvalue weighted by molar-refractivity contribution is -0.126. The molecule has 0 aromatic heterocycles. The predicted octanol–water partition coefficient (Wildman–Crippen LogP) is 0.278. The summed E-state index contributed by atoms with van der Waals surface area (Å²) in [4.78, 5) is 34.0. The van der Waals surface area contributed by atoms with Crippen molar-refractivity contribution in [1.82, 2.24) is 10.6 Å². The molecule has 1 atom stereocenters. The second kappa shape index (κ2) is 7.13. The molecule has 0 heterocycles. The largest absolute Gasteiger partial charge is 0.479 e. The van der Waals surface area contributed by atoms with Crippen LogP contribution >= 0.6 is 0 Å². The van der Waals surface area contributed by atoms with E-state index in [0.717, 1.165) is 0 Å².